The Bertz CT molecular complexity index is 701. The van der Waals surface area contributed by atoms with Crippen molar-refractivity contribution in [1.29, 1.82) is 5.26 Å². The fourth-order valence-electron chi connectivity index (χ4n) is 1.79. The Kier molecular flexibility index (Phi) is 3.54. The summed E-state index contributed by atoms with van der Waals surface area (Å²) in [6.45, 7) is 0. The van der Waals surface area contributed by atoms with Crippen LogP contribution >= 0.6 is 0 Å². The van der Waals surface area contributed by atoms with Crippen molar-refractivity contribution in [3.8, 4) is 17.2 Å². The van der Waals surface area contributed by atoms with Gasteiger partial charge in [-0.2, -0.15) is 18.4 Å². The van der Waals surface area contributed by atoms with Gasteiger partial charge in [0.1, 0.15) is 19.7 Å². The zero-order valence-electron chi connectivity index (χ0n) is 10.0. The third-order valence-electron chi connectivity index (χ3n) is 2.79. The van der Waals surface area contributed by atoms with Gasteiger partial charge < -0.3 is 0 Å². The number of rotatable bonds is 1. The molecule has 2 radical (unpaired) electrons. The van der Waals surface area contributed by atoms with Crippen LogP contribution in [0.25, 0.3) is 11.1 Å². The molecule has 2 aromatic carbocycles. The van der Waals surface area contributed by atoms with Crippen LogP contribution in [0.15, 0.2) is 36.4 Å². The largest absolute Gasteiger partial charge is 0.416 e. The molecule has 0 saturated heterocycles. The molecule has 0 atom stereocenters. The lowest BCUT2D eigenvalue weighted by Gasteiger charge is -2.13. The van der Waals surface area contributed by atoms with Crippen molar-refractivity contribution >= 4 is 13.3 Å². The van der Waals surface area contributed by atoms with Crippen LogP contribution in [0.4, 0.5) is 17.6 Å². The molecule has 2 rings (SSSR count). The van der Waals surface area contributed by atoms with Gasteiger partial charge in [0, 0.05) is 5.56 Å². The summed E-state index contributed by atoms with van der Waals surface area (Å²) in [6.07, 6.45) is -4.55. The monoisotopic (exact) mass is 275 g/mol. The van der Waals surface area contributed by atoms with Crippen molar-refractivity contribution < 1.29 is 17.6 Å². The van der Waals surface area contributed by atoms with Gasteiger partial charge in [-0.25, -0.2) is 4.39 Å². The van der Waals surface area contributed by atoms with Crippen molar-refractivity contribution in [2.75, 3.05) is 0 Å². The molecule has 0 N–H and O–H groups in total. The predicted octanol–water partition coefficient (Wildman–Crippen LogP) is 3.18. The zero-order valence-corrected chi connectivity index (χ0v) is 10.0. The van der Waals surface area contributed by atoms with Gasteiger partial charge in [-0.05, 0) is 17.7 Å². The average Bonchev–Trinajstić information content (AvgIpc) is 2.38. The normalized spacial score (nSPS) is 11.2. The van der Waals surface area contributed by atoms with Crippen LogP contribution in [-0.2, 0) is 6.18 Å². The van der Waals surface area contributed by atoms with E-state index in [4.69, 9.17) is 13.1 Å². The van der Waals surface area contributed by atoms with Gasteiger partial charge in [-0.1, -0.05) is 29.7 Å². The highest BCUT2D eigenvalue weighted by atomic mass is 19.4. The molecule has 0 fully saturated rings. The van der Waals surface area contributed by atoms with E-state index in [9.17, 15) is 17.6 Å². The lowest BCUT2D eigenvalue weighted by molar-refractivity contribution is -0.137. The lowest BCUT2D eigenvalue weighted by atomic mass is 9.85. The highest BCUT2D eigenvalue weighted by Gasteiger charge is 2.31. The van der Waals surface area contributed by atoms with Gasteiger partial charge in [-0.15, -0.1) is 0 Å². The number of benzene rings is 2. The third-order valence-corrected chi connectivity index (χ3v) is 2.79. The molecule has 0 saturated carbocycles. The second kappa shape index (κ2) is 5.01. The van der Waals surface area contributed by atoms with Crippen molar-refractivity contribution in [3.05, 3.63) is 53.3 Å². The summed E-state index contributed by atoms with van der Waals surface area (Å²) < 4.78 is 52.0. The minimum absolute atomic E-state index is 0.00647. The highest BCUT2D eigenvalue weighted by molar-refractivity contribution is 6.36. The minimum Gasteiger partial charge on any atom is -0.205 e. The van der Waals surface area contributed by atoms with E-state index in [0.717, 1.165) is 18.2 Å². The summed E-state index contributed by atoms with van der Waals surface area (Å²) >= 11 is 0. The minimum atomic E-state index is -4.55. The van der Waals surface area contributed by atoms with Crippen molar-refractivity contribution in [3.63, 3.8) is 0 Å². The fourth-order valence-corrected chi connectivity index (χ4v) is 1.79. The smallest absolute Gasteiger partial charge is 0.205 e. The maximum atomic E-state index is 14.0. The van der Waals surface area contributed by atoms with E-state index in [-0.39, 0.29) is 22.2 Å². The molecular formula is C14H6BF4N. The Hall–Kier alpha value is -2.29. The summed E-state index contributed by atoms with van der Waals surface area (Å²) in [7, 11) is 5.61. The molecule has 98 valence electrons. The summed E-state index contributed by atoms with van der Waals surface area (Å²) in [4.78, 5) is 0. The van der Waals surface area contributed by atoms with E-state index in [2.05, 4.69) is 0 Å². The Balaban J connectivity index is 2.68. The standard InChI is InChI=1S/C14H6BF4N/c15-12-5-4-9(14(17,18)19)6-11(12)10-3-1-2-8(7-20)13(10)16/h1-6H. The van der Waals surface area contributed by atoms with Crippen molar-refractivity contribution in [2.24, 2.45) is 0 Å². The number of halogens is 4. The van der Waals surface area contributed by atoms with Crippen molar-refractivity contribution in [1.82, 2.24) is 0 Å². The molecule has 0 heterocycles. The first kappa shape index (κ1) is 14.1. The molecule has 6 heteroatoms. The summed E-state index contributed by atoms with van der Waals surface area (Å²) in [6, 6.07) is 8.20. The first-order chi connectivity index (χ1) is 9.34. The van der Waals surface area contributed by atoms with Gasteiger partial charge in [0.05, 0.1) is 11.1 Å². The number of nitriles is 1. The quantitative estimate of drug-likeness (QED) is 0.579. The van der Waals surface area contributed by atoms with E-state index in [0.29, 0.717) is 0 Å². The van der Waals surface area contributed by atoms with E-state index in [1.807, 2.05) is 0 Å². The molecule has 0 aliphatic rings. The molecule has 0 aliphatic carbocycles. The Morgan fingerprint density at radius 1 is 1.05 bits per heavy atom. The summed E-state index contributed by atoms with van der Waals surface area (Å²) in [5.41, 5.74) is -1.39. The number of alkyl halides is 3. The van der Waals surface area contributed by atoms with Gasteiger partial charge in [-0.3, -0.25) is 0 Å². The third kappa shape index (κ3) is 2.52. The maximum absolute atomic E-state index is 14.0. The Morgan fingerprint density at radius 3 is 2.35 bits per heavy atom. The highest BCUT2D eigenvalue weighted by Crippen LogP contribution is 2.32. The van der Waals surface area contributed by atoms with Crippen LogP contribution in [-0.4, -0.2) is 7.85 Å². The molecule has 20 heavy (non-hydrogen) atoms. The molecular weight excluding hydrogens is 269 g/mol. The fraction of sp³-hybridized carbons (Fsp3) is 0.0714. The molecule has 0 unspecified atom stereocenters. The number of nitrogens with zero attached hydrogens (tertiary/aromatic N) is 1. The molecule has 0 spiro atoms. The second-order valence-corrected chi connectivity index (χ2v) is 4.08. The molecule has 2 aromatic rings. The SMILES string of the molecule is [B]c1ccc(C(F)(F)F)cc1-c1cccc(C#N)c1F. The van der Waals surface area contributed by atoms with E-state index < -0.39 is 17.6 Å². The van der Waals surface area contributed by atoms with Crippen LogP contribution in [0, 0.1) is 17.1 Å². The number of hydrogen-bond acceptors (Lipinski definition) is 1. The van der Waals surface area contributed by atoms with Crippen LogP contribution < -0.4 is 5.46 Å². The van der Waals surface area contributed by atoms with E-state index in [1.54, 1.807) is 6.07 Å². The summed E-state index contributed by atoms with van der Waals surface area (Å²) in [5, 5.41) is 8.74. The Morgan fingerprint density at radius 2 is 1.75 bits per heavy atom. The van der Waals surface area contributed by atoms with Gasteiger partial charge in [0.15, 0.2) is 0 Å². The van der Waals surface area contributed by atoms with Gasteiger partial charge in [0.25, 0.3) is 0 Å². The van der Waals surface area contributed by atoms with Crippen LogP contribution in [0.1, 0.15) is 11.1 Å². The van der Waals surface area contributed by atoms with Crippen LogP contribution in [0.2, 0.25) is 0 Å². The lowest BCUT2D eigenvalue weighted by Crippen LogP contribution is -2.12. The topological polar surface area (TPSA) is 23.8 Å². The molecule has 0 amide bonds. The first-order valence-corrected chi connectivity index (χ1v) is 5.50. The van der Waals surface area contributed by atoms with Crippen LogP contribution in [0.3, 0.4) is 0 Å². The molecule has 0 bridgehead atoms. The second-order valence-electron chi connectivity index (χ2n) is 4.08. The molecule has 1 nitrogen and oxygen atoms in total. The van der Waals surface area contributed by atoms with E-state index in [1.165, 1.54) is 18.2 Å². The number of hydrogen-bond donors (Lipinski definition) is 0. The molecule has 0 aliphatic heterocycles. The Labute approximate surface area is 113 Å². The van der Waals surface area contributed by atoms with Crippen molar-refractivity contribution in [2.45, 2.75) is 6.18 Å². The zero-order chi connectivity index (χ0) is 14.9. The predicted molar refractivity (Wildman–Crippen MR) is 66.9 cm³/mol. The van der Waals surface area contributed by atoms with E-state index >= 15 is 0 Å². The van der Waals surface area contributed by atoms with Gasteiger partial charge in [0.2, 0.25) is 0 Å². The summed E-state index contributed by atoms with van der Waals surface area (Å²) in [5.74, 6) is -0.888. The molecule has 0 aromatic heterocycles. The van der Waals surface area contributed by atoms with Crippen LogP contribution in [0.5, 0.6) is 0 Å². The average molecular weight is 275 g/mol. The maximum Gasteiger partial charge on any atom is 0.416 e. The first-order valence-electron chi connectivity index (χ1n) is 5.50. The van der Waals surface area contributed by atoms with Gasteiger partial charge >= 0.3 is 6.18 Å².